The summed E-state index contributed by atoms with van der Waals surface area (Å²) < 4.78 is 71.3. The number of amides is 2. The van der Waals surface area contributed by atoms with Crippen molar-refractivity contribution >= 4 is 11.8 Å². The zero-order valence-electron chi connectivity index (χ0n) is 16.2. The predicted molar refractivity (Wildman–Crippen MR) is 90.7 cm³/mol. The summed E-state index contributed by atoms with van der Waals surface area (Å²) in [5.41, 5.74) is -1.90. The molecule has 1 aliphatic carbocycles. The van der Waals surface area contributed by atoms with E-state index < -0.39 is 66.8 Å². The maximum absolute atomic E-state index is 13.3. The van der Waals surface area contributed by atoms with E-state index in [1.165, 1.54) is 11.8 Å². The quantitative estimate of drug-likeness (QED) is 0.652. The molecule has 0 radical (unpaired) electrons. The van der Waals surface area contributed by atoms with Crippen molar-refractivity contribution in [2.75, 3.05) is 19.7 Å². The lowest BCUT2D eigenvalue weighted by molar-refractivity contribution is -0.206. The summed E-state index contributed by atoms with van der Waals surface area (Å²) in [6.45, 7) is 3.66. The maximum Gasteiger partial charge on any atom is 0.396 e. The number of rotatable bonds is 7. The molecule has 2 atom stereocenters. The normalized spacial score (nSPS) is 23.2. The van der Waals surface area contributed by atoms with Crippen LogP contribution in [-0.2, 0) is 14.3 Å². The minimum absolute atomic E-state index is 0.0403. The van der Waals surface area contributed by atoms with Gasteiger partial charge < -0.3 is 15.0 Å². The fraction of sp³-hybridized carbons (Fsp3) is 0.889. The molecule has 2 unspecified atom stereocenters. The molecule has 0 aromatic rings. The van der Waals surface area contributed by atoms with Gasteiger partial charge >= 0.3 is 6.18 Å². The Bertz CT molecular complexity index is 580. The van der Waals surface area contributed by atoms with Crippen LogP contribution in [0.3, 0.4) is 0 Å². The van der Waals surface area contributed by atoms with E-state index in [9.17, 15) is 31.5 Å². The fourth-order valence-corrected chi connectivity index (χ4v) is 3.00. The van der Waals surface area contributed by atoms with E-state index in [4.69, 9.17) is 4.74 Å². The van der Waals surface area contributed by atoms with Crippen LogP contribution in [0.4, 0.5) is 22.0 Å². The summed E-state index contributed by atoms with van der Waals surface area (Å²) in [4.78, 5) is 26.1. The average Bonchev–Trinajstić information content (AvgIpc) is 3.37. The van der Waals surface area contributed by atoms with E-state index in [-0.39, 0.29) is 25.9 Å². The van der Waals surface area contributed by atoms with Crippen molar-refractivity contribution in [2.24, 2.45) is 11.3 Å². The van der Waals surface area contributed by atoms with Crippen LogP contribution in [0.2, 0.25) is 0 Å². The monoisotopic (exact) mass is 414 g/mol. The van der Waals surface area contributed by atoms with Gasteiger partial charge in [0.15, 0.2) is 0 Å². The molecule has 0 aromatic carbocycles. The number of carbonyl (C=O) groups is 2. The number of hydrogen-bond acceptors (Lipinski definition) is 3. The second-order valence-corrected chi connectivity index (χ2v) is 8.12. The standard InChI is InChI=1S/C18H27F5N2O3/c1-11(2)14(26)24-13(15(27)25-8-6-17(19,20)7-9-25)12(3)28-10-16(4-5-16)18(21,22)23/h11-13H,4-10H2,1-3H3,(H,24,26). The number of nitrogens with zero attached hydrogens (tertiary/aromatic N) is 1. The van der Waals surface area contributed by atoms with Gasteiger partial charge in [0, 0.05) is 31.8 Å². The highest BCUT2D eigenvalue weighted by atomic mass is 19.4. The largest absolute Gasteiger partial charge is 0.396 e. The molecule has 1 N–H and O–H groups in total. The molecule has 0 spiro atoms. The molecular formula is C18H27F5N2O3. The third kappa shape index (κ3) is 5.33. The molecule has 10 heteroatoms. The molecular weight excluding hydrogens is 387 g/mol. The Morgan fingerprint density at radius 1 is 1.07 bits per heavy atom. The highest BCUT2D eigenvalue weighted by molar-refractivity contribution is 5.88. The molecule has 1 saturated carbocycles. The second-order valence-electron chi connectivity index (χ2n) is 8.12. The molecule has 2 aliphatic rings. The van der Waals surface area contributed by atoms with Gasteiger partial charge in [-0.1, -0.05) is 13.8 Å². The van der Waals surface area contributed by atoms with Crippen LogP contribution >= 0.6 is 0 Å². The van der Waals surface area contributed by atoms with Gasteiger partial charge in [-0.05, 0) is 19.8 Å². The maximum atomic E-state index is 13.3. The summed E-state index contributed by atoms with van der Waals surface area (Å²) in [5, 5.41) is 2.51. The first-order chi connectivity index (χ1) is 12.8. The van der Waals surface area contributed by atoms with E-state index in [0.29, 0.717) is 0 Å². The van der Waals surface area contributed by atoms with Gasteiger partial charge in [0.2, 0.25) is 11.8 Å². The molecule has 1 aliphatic heterocycles. The Balaban J connectivity index is 2.06. The third-order valence-corrected chi connectivity index (χ3v) is 5.44. The fourth-order valence-electron chi connectivity index (χ4n) is 3.00. The van der Waals surface area contributed by atoms with E-state index >= 15 is 0 Å². The molecule has 1 heterocycles. The SMILES string of the molecule is CC(C)C(=O)NC(C(=O)N1CCC(F)(F)CC1)C(C)OCC1(C(F)(F)F)CC1. The number of halogens is 5. The van der Waals surface area contributed by atoms with Crippen LogP contribution < -0.4 is 5.32 Å². The van der Waals surface area contributed by atoms with Crippen LogP contribution in [0.1, 0.15) is 46.5 Å². The predicted octanol–water partition coefficient (Wildman–Crippen LogP) is 3.13. The topological polar surface area (TPSA) is 58.6 Å². The first kappa shape index (κ1) is 22.8. The summed E-state index contributed by atoms with van der Waals surface area (Å²) in [5.74, 6) is -4.39. The Kier molecular flexibility index (Phi) is 6.62. The van der Waals surface area contributed by atoms with Crippen LogP contribution in [0.5, 0.6) is 0 Å². The second kappa shape index (κ2) is 8.12. The summed E-state index contributed by atoms with van der Waals surface area (Å²) in [6, 6.07) is -1.23. The number of hydrogen-bond donors (Lipinski definition) is 1. The Morgan fingerprint density at radius 2 is 1.61 bits per heavy atom. The molecule has 2 fully saturated rings. The average molecular weight is 414 g/mol. The summed E-state index contributed by atoms with van der Waals surface area (Å²) in [7, 11) is 0. The number of piperidine rings is 1. The number of likely N-dealkylation sites (tertiary alicyclic amines) is 1. The number of nitrogens with one attached hydrogen (secondary N) is 1. The Labute approximate surface area is 161 Å². The number of carbonyl (C=O) groups excluding carboxylic acids is 2. The lowest BCUT2D eigenvalue weighted by Crippen LogP contribution is -2.57. The molecule has 1 saturated heterocycles. The zero-order chi connectivity index (χ0) is 21.3. The van der Waals surface area contributed by atoms with Crippen molar-refractivity contribution in [3.63, 3.8) is 0 Å². The molecule has 162 valence electrons. The minimum Gasteiger partial charge on any atom is -0.375 e. The van der Waals surface area contributed by atoms with Gasteiger partial charge in [0.1, 0.15) is 6.04 Å². The molecule has 0 aromatic heterocycles. The Morgan fingerprint density at radius 3 is 2.04 bits per heavy atom. The third-order valence-electron chi connectivity index (χ3n) is 5.44. The van der Waals surface area contributed by atoms with Gasteiger partial charge in [0.05, 0.1) is 18.1 Å². The molecule has 5 nitrogen and oxygen atoms in total. The first-order valence-corrected chi connectivity index (χ1v) is 9.43. The molecule has 0 bridgehead atoms. The molecule has 28 heavy (non-hydrogen) atoms. The lowest BCUT2D eigenvalue weighted by atomic mass is 10.0. The van der Waals surface area contributed by atoms with Gasteiger partial charge in [-0.2, -0.15) is 13.2 Å². The molecule has 2 rings (SSSR count). The van der Waals surface area contributed by atoms with Crippen molar-refractivity contribution < 1.29 is 36.3 Å². The highest BCUT2D eigenvalue weighted by Gasteiger charge is 2.63. The van der Waals surface area contributed by atoms with Crippen LogP contribution in [0.25, 0.3) is 0 Å². The summed E-state index contributed by atoms with van der Waals surface area (Å²) >= 11 is 0. The number of alkyl halides is 5. The first-order valence-electron chi connectivity index (χ1n) is 9.43. The van der Waals surface area contributed by atoms with E-state index in [2.05, 4.69) is 5.32 Å². The van der Waals surface area contributed by atoms with Crippen molar-refractivity contribution in [1.82, 2.24) is 10.2 Å². The van der Waals surface area contributed by atoms with E-state index in [1.807, 2.05) is 0 Å². The van der Waals surface area contributed by atoms with Crippen molar-refractivity contribution in [1.29, 1.82) is 0 Å². The summed E-state index contributed by atoms with van der Waals surface area (Å²) in [6.07, 6.45) is -6.49. The van der Waals surface area contributed by atoms with Crippen molar-refractivity contribution in [3.05, 3.63) is 0 Å². The van der Waals surface area contributed by atoms with Crippen molar-refractivity contribution in [3.8, 4) is 0 Å². The van der Waals surface area contributed by atoms with Crippen LogP contribution in [0.15, 0.2) is 0 Å². The van der Waals surface area contributed by atoms with Crippen LogP contribution in [-0.4, -0.2) is 60.7 Å². The van der Waals surface area contributed by atoms with E-state index in [1.54, 1.807) is 13.8 Å². The zero-order valence-corrected chi connectivity index (χ0v) is 16.2. The van der Waals surface area contributed by atoms with Crippen molar-refractivity contribution in [2.45, 2.75) is 70.7 Å². The van der Waals surface area contributed by atoms with Gasteiger partial charge in [0.25, 0.3) is 5.92 Å². The Hall–Kier alpha value is -1.45. The van der Waals surface area contributed by atoms with Gasteiger partial charge in [-0.3, -0.25) is 9.59 Å². The highest BCUT2D eigenvalue weighted by Crippen LogP contribution is 2.57. The van der Waals surface area contributed by atoms with E-state index in [0.717, 1.165) is 0 Å². The minimum atomic E-state index is -4.40. The van der Waals surface area contributed by atoms with Crippen LogP contribution in [0, 0.1) is 11.3 Å². The molecule has 2 amide bonds. The smallest absolute Gasteiger partial charge is 0.375 e. The van der Waals surface area contributed by atoms with Gasteiger partial charge in [-0.25, -0.2) is 8.78 Å². The number of ether oxygens (including phenoxy) is 1. The lowest BCUT2D eigenvalue weighted by Gasteiger charge is -2.36. The van der Waals surface area contributed by atoms with Gasteiger partial charge in [-0.15, -0.1) is 0 Å².